The predicted molar refractivity (Wildman–Crippen MR) is 125 cm³/mol. The SMILES string of the molecule is CC(C)N(C(=O)COc1ccc(OCc2ccccc2)cc1)c1ccc(S(C)(=O)=O)cc1. The number of sulfone groups is 1. The van der Waals surface area contributed by atoms with Crippen molar-refractivity contribution in [2.45, 2.75) is 31.4 Å². The molecule has 0 saturated heterocycles. The van der Waals surface area contributed by atoms with Gasteiger partial charge in [-0.3, -0.25) is 4.79 Å². The van der Waals surface area contributed by atoms with E-state index in [4.69, 9.17) is 9.47 Å². The molecule has 3 aromatic rings. The Morgan fingerprint density at radius 1 is 0.844 bits per heavy atom. The van der Waals surface area contributed by atoms with Gasteiger partial charge in [-0.25, -0.2) is 8.42 Å². The first kappa shape index (κ1) is 23.3. The number of ether oxygens (including phenoxy) is 2. The highest BCUT2D eigenvalue weighted by atomic mass is 32.2. The average molecular weight is 454 g/mol. The number of amides is 1. The Morgan fingerprint density at radius 2 is 1.41 bits per heavy atom. The van der Waals surface area contributed by atoms with Crippen molar-refractivity contribution < 1.29 is 22.7 Å². The predicted octanol–water partition coefficient (Wildman–Crippen LogP) is 4.49. The van der Waals surface area contributed by atoms with Crippen LogP contribution < -0.4 is 14.4 Å². The topological polar surface area (TPSA) is 72.9 Å². The van der Waals surface area contributed by atoms with Crippen LogP contribution >= 0.6 is 0 Å². The molecule has 0 spiro atoms. The molecule has 0 aliphatic heterocycles. The molecule has 0 unspecified atom stereocenters. The number of carbonyl (C=O) groups is 1. The van der Waals surface area contributed by atoms with E-state index in [1.54, 1.807) is 41.3 Å². The molecule has 0 N–H and O–H groups in total. The standard InChI is InChI=1S/C25H27NO5S/c1-19(2)26(21-9-15-24(16-10-21)32(3,28)29)25(27)18-31-23-13-11-22(12-14-23)30-17-20-7-5-4-6-8-20/h4-16,19H,17-18H2,1-3H3. The number of anilines is 1. The fraction of sp³-hybridized carbons (Fsp3) is 0.240. The summed E-state index contributed by atoms with van der Waals surface area (Å²) in [5.74, 6) is 1.04. The molecule has 0 radical (unpaired) electrons. The Bertz CT molecular complexity index is 1130. The molecule has 0 atom stereocenters. The molecule has 3 rings (SSSR count). The zero-order valence-electron chi connectivity index (χ0n) is 18.4. The van der Waals surface area contributed by atoms with E-state index in [2.05, 4.69) is 0 Å². The maximum absolute atomic E-state index is 12.8. The normalized spacial score (nSPS) is 11.2. The average Bonchev–Trinajstić information content (AvgIpc) is 2.77. The van der Waals surface area contributed by atoms with Crippen LogP contribution in [0.3, 0.4) is 0 Å². The van der Waals surface area contributed by atoms with Crippen LogP contribution in [-0.4, -0.2) is 33.2 Å². The van der Waals surface area contributed by atoms with Crippen LogP contribution in [0.15, 0.2) is 83.8 Å². The van der Waals surface area contributed by atoms with E-state index < -0.39 is 9.84 Å². The van der Waals surface area contributed by atoms with Gasteiger partial charge >= 0.3 is 0 Å². The quantitative estimate of drug-likeness (QED) is 0.477. The van der Waals surface area contributed by atoms with Gasteiger partial charge < -0.3 is 14.4 Å². The zero-order chi connectivity index (χ0) is 23.1. The van der Waals surface area contributed by atoms with E-state index in [-0.39, 0.29) is 23.5 Å². The molecule has 0 aliphatic carbocycles. The molecular formula is C25H27NO5S. The third-order valence-electron chi connectivity index (χ3n) is 4.76. The van der Waals surface area contributed by atoms with Crippen molar-refractivity contribution in [3.63, 3.8) is 0 Å². The third kappa shape index (κ3) is 6.34. The molecular weight excluding hydrogens is 426 g/mol. The van der Waals surface area contributed by atoms with Crippen molar-refractivity contribution in [1.82, 2.24) is 0 Å². The minimum absolute atomic E-state index is 0.121. The first-order chi connectivity index (χ1) is 15.2. The van der Waals surface area contributed by atoms with Gasteiger partial charge in [0.15, 0.2) is 16.4 Å². The summed E-state index contributed by atoms with van der Waals surface area (Å²) in [4.78, 5) is 14.6. The highest BCUT2D eigenvalue weighted by Crippen LogP contribution is 2.22. The molecule has 0 aromatic heterocycles. The van der Waals surface area contributed by atoms with Gasteiger partial charge in [0.1, 0.15) is 18.1 Å². The highest BCUT2D eigenvalue weighted by Gasteiger charge is 2.20. The van der Waals surface area contributed by atoms with Crippen LogP contribution in [0.5, 0.6) is 11.5 Å². The van der Waals surface area contributed by atoms with Crippen molar-refractivity contribution in [3.05, 3.63) is 84.4 Å². The largest absolute Gasteiger partial charge is 0.489 e. The molecule has 0 fully saturated rings. The van der Waals surface area contributed by atoms with Crippen LogP contribution in [0.2, 0.25) is 0 Å². The molecule has 7 heteroatoms. The first-order valence-corrected chi connectivity index (χ1v) is 12.1. The van der Waals surface area contributed by atoms with E-state index in [0.717, 1.165) is 11.8 Å². The molecule has 0 aliphatic rings. The van der Waals surface area contributed by atoms with Crippen molar-refractivity contribution in [3.8, 4) is 11.5 Å². The Labute approximate surface area is 189 Å². The Kier molecular flexibility index (Phi) is 7.53. The van der Waals surface area contributed by atoms with E-state index in [1.807, 2.05) is 44.2 Å². The molecule has 32 heavy (non-hydrogen) atoms. The fourth-order valence-corrected chi connectivity index (χ4v) is 3.80. The molecule has 0 bridgehead atoms. The van der Waals surface area contributed by atoms with Crippen LogP contribution in [0.4, 0.5) is 5.69 Å². The second-order valence-corrected chi connectivity index (χ2v) is 9.67. The minimum Gasteiger partial charge on any atom is -0.489 e. The van der Waals surface area contributed by atoms with Crippen LogP contribution in [0, 0.1) is 0 Å². The van der Waals surface area contributed by atoms with Gasteiger partial charge in [0, 0.05) is 18.0 Å². The van der Waals surface area contributed by atoms with Gasteiger partial charge in [0.25, 0.3) is 5.91 Å². The molecule has 1 amide bonds. The first-order valence-electron chi connectivity index (χ1n) is 10.3. The molecule has 168 valence electrons. The van der Waals surface area contributed by atoms with Gasteiger partial charge in [-0.1, -0.05) is 30.3 Å². The Morgan fingerprint density at radius 3 is 1.94 bits per heavy atom. The number of hydrogen-bond donors (Lipinski definition) is 0. The number of rotatable bonds is 9. The van der Waals surface area contributed by atoms with E-state index in [9.17, 15) is 13.2 Å². The van der Waals surface area contributed by atoms with Crippen molar-refractivity contribution in [1.29, 1.82) is 0 Å². The zero-order valence-corrected chi connectivity index (χ0v) is 19.2. The third-order valence-corrected chi connectivity index (χ3v) is 5.89. The second kappa shape index (κ2) is 10.3. The molecule has 0 saturated carbocycles. The summed E-state index contributed by atoms with van der Waals surface area (Å²) in [7, 11) is -3.29. The molecule has 3 aromatic carbocycles. The summed E-state index contributed by atoms with van der Waals surface area (Å²) in [6.07, 6.45) is 1.15. The summed E-state index contributed by atoms with van der Waals surface area (Å²) >= 11 is 0. The monoisotopic (exact) mass is 453 g/mol. The van der Waals surface area contributed by atoms with Crippen LogP contribution in [0.25, 0.3) is 0 Å². The van der Waals surface area contributed by atoms with Gasteiger partial charge in [-0.05, 0) is 67.9 Å². The Balaban J connectivity index is 1.59. The van der Waals surface area contributed by atoms with E-state index in [1.165, 1.54) is 12.1 Å². The lowest BCUT2D eigenvalue weighted by Crippen LogP contribution is -2.40. The summed E-state index contributed by atoms with van der Waals surface area (Å²) in [5, 5.41) is 0. The van der Waals surface area contributed by atoms with E-state index >= 15 is 0 Å². The van der Waals surface area contributed by atoms with Gasteiger partial charge in [-0.15, -0.1) is 0 Å². The fourth-order valence-electron chi connectivity index (χ4n) is 3.17. The lowest BCUT2D eigenvalue weighted by Gasteiger charge is -2.27. The van der Waals surface area contributed by atoms with Crippen LogP contribution in [0.1, 0.15) is 19.4 Å². The maximum Gasteiger partial charge on any atom is 0.265 e. The Hall–Kier alpha value is -3.32. The summed E-state index contributed by atoms with van der Waals surface area (Å²) in [6, 6.07) is 23.1. The van der Waals surface area contributed by atoms with Crippen molar-refractivity contribution in [2.75, 3.05) is 17.8 Å². The summed E-state index contributed by atoms with van der Waals surface area (Å²) in [6.45, 7) is 4.11. The number of nitrogens with zero attached hydrogens (tertiary/aromatic N) is 1. The lowest BCUT2D eigenvalue weighted by atomic mass is 10.2. The highest BCUT2D eigenvalue weighted by molar-refractivity contribution is 7.90. The van der Waals surface area contributed by atoms with E-state index in [0.29, 0.717) is 23.8 Å². The number of carbonyl (C=O) groups excluding carboxylic acids is 1. The minimum atomic E-state index is -3.29. The van der Waals surface area contributed by atoms with Gasteiger partial charge in [-0.2, -0.15) is 0 Å². The van der Waals surface area contributed by atoms with Crippen LogP contribution in [-0.2, 0) is 21.2 Å². The molecule has 6 nitrogen and oxygen atoms in total. The smallest absolute Gasteiger partial charge is 0.265 e. The number of benzene rings is 3. The summed E-state index contributed by atoms with van der Waals surface area (Å²) in [5.41, 5.74) is 1.70. The number of hydrogen-bond acceptors (Lipinski definition) is 5. The summed E-state index contributed by atoms with van der Waals surface area (Å²) < 4.78 is 34.8. The molecule has 0 heterocycles. The second-order valence-electron chi connectivity index (χ2n) is 7.66. The maximum atomic E-state index is 12.8. The van der Waals surface area contributed by atoms with Gasteiger partial charge in [0.05, 0.1) is 4.90 Å². The van der Waals surface area contributed by atoms with Gasteiger partial charge in [0.2, 0.25) is 0 Å². The van der Waals surface area contributed by atoms with Crippen molar-refractivity contribution in [2.24, 2.45) is 0 Å². The van der Waals surface area contributed by atoms with Crippen molar-refractivity contribution >= 4 is 21.4 Å². The lowest BCUT2D eigenvalue weighted by molar-refractivity contribution is -0.120.